The molecule has 0 fully saturated rings. The summed E-state index contributed by atoms with van der Waals surface area (Å²) in [5.74, 6) is 1.08. The van der Waals surface area contributed by atoms with Gasteiger partial charge in [0.25, 0.3) is 0 Å². The summed E-state index contributed by atoms with van der Waals surface area (Å²) in [4.78, 5) is 11.6. The molecule has 1 aromatic carbocycles. The number of hydrogen-bond acceptors (Lipinski definition) is 4. The number of carbonyl (C=O) groups excluding carboxylic acids is 1. The summed E-state index contributed by atoms with van der Waals surface area (Å²) in [5.41, 5.74) is 0.969. The van der Waals surface area contributed by atoms with Crippen molar-refractivity contribution in [3.8, 4) is 11.5 Å². The topological polar surface area (TPSA) is 56.8 Å². The summed E-state index contributed by atoms with van der Waals surface area (Å²) >= 11 is 6.30. The zero-order chi connectivity index (χ0) is 14.9. The molecule has 1 amide bonds. The minimum absolute atomic E-state index is 0.297. The summed E-state index contributed by atoms with van der Waals surface area (Å²) < 4.78 is 16.0. The highest BCUT2D eigenvalue weighted by molar-refractivity contribution is 6.33. The van der Waals surface area contributed by atoms with Crippen LogP contribution in [0.4, 0.5) is 10.5 Å². The lowest BCUT2D eigenvalue weighted by Gasteiger charge is -2.18. The van der Waals surface area contributed by atoms with Crippen LogP contribution in [0.2, 0.25) is 5.02 Å². The highest BCUT2D eigenvalue weighted by atomic mass is 35.5. The third-order valence-electron chi connectivity index (χ3n) is 2.99. The van der Waals surface area contributed by atoms with E-state index in [4.69, 9.17) is 25.8 Å². The van der Waals surface area contributed by atoms with E-state index in [0.29, 0.717) is 35.2 Å². The molecule has 1 N–H and O–H groups in total. The predicted octanol–water partition coefficient (Wildman–Crippen LogP) is 3.63. The van der Waals surface area contributed by atoms with Crippen molar-refractivity contribution in [3.63, 3.8) is 0 Å². The summed E-state index contributed by atoms with van der Waals surface area (Å²) in [6.07, 6.45) is 0.114. The first-order chi connectivity index (χ1) is 9.38. The summed E-state index contributed by atoms with van der Waals surface area (Å²) in [5, 5.41) is 3.17. The summed E-state index contributed by atoms with van der Waals surface area (Å²) in [6, 6.07) is 1.64. The van der Waals surface area contributed by atoms with Crippen molar-refractivity contribution < 1.29 is 19.0 Å². The molecule has 0 bridgehead atoms. The van der Waals surface area contributed by atoms with Gasteiger partial charge in [0, 0.05) is 18.1 Å². The monoisotopic (exact) mass is 299 g/mol. The predicted molar refractivity (Wildman–Crippen MR) is 77.1 cm³/mol. The van der Waals surface area contributed by atoms with Crippen LogP contribution in [0.25, 0.3) is 0 Å². The Hall–Kier alpha value is -1.62. The average molecular weight is 300 g/mol. The highest BCUT2D eigenvalue weighted by Gasteiger charge is 2.35. The van der Waals surface area contributed by atoms with Crippen molar-refractivity contribution in [3.05, 3.63) is 16.7 Å². The molecule has 0 aromatic heterocycles. The molecule has 0 saturated carbocycles. The molecule has 110 valence electrons. The normalized spacial score (nSPS) is 15.2. The van der Waals surface area contributed by atoms with Gasteiger partial charge >= 0.3 is 6.09 Å². The van der Waals surface area contributed by atoms with Crippen LogP contribution in [-0.2, 0) is 11.2 Å². The van der Waals surface area contributed by atoms with Crippen molar-refractivity contribution in [1.82, 2.24) is 0 Å². The van der Waals surface area contributed by atoms with E-state index < -0.39 is 6.09 Å². The Morgan fingerprint density at radius 2 is 2.25 bits per heavy atom. The number of nitrogens with one attached hydrogen (secondary N) is 1. The quantitative estimate of drug-likeness (QED) is 0.926. The molecule has 5 nitrogen and oxygen atoms in total. The lowest BCUT2D eigenvalue weighted by molar-refractivity contribution is 0.138. The maximum absolute atomic E-state index is 11.6. The molecule has 1 aliphatic rings. The first-order valence-electron chi connectivity index (χ1n) is 6.40. The van der Waals surface area contributed by atoms with E-state index in [1.807, 2.05) is 13.8 Å². The first-order valence-corrected chi connectivity index (χ1v) is 6.78. The number of ether oxygens (including phenoxy) is 3. The molecule has 2 rings (SSSR count). The van der Waals surface area contributed by atoms with Gasteiger partial charge in [0.15, 0.2) is 0 Å². The number of hydrogen-bond donors (Lipinski definition) is 1. The van der Waals surface area contributed by atoms with Gasteiger partial charge in [-0.15, -0.1) is 0 Å². The summed E-state index contributed by atoms with van der Waals surface area (Å²) in [6.45, 7) is 5.96. The number of amides is 1. The van der Waals surface area contributed by atoms with Crippen LogP contribution in [0.15, 0.2) is 6.07 Å². The Labute approximate surface area is 123 Å². The molecule has 1 heterocycles. The van der Waals surface area contributed by atoms with E-state index in [9.17, 15) is 4.79 Å². The van der Waals surface area contributed by atoms with Crippen LogP contribution in [-0.4, -0.2) is 25.4 Å². The molecule has 0 aliphatic carbocycles. The molecule has 0 unspecified atom stereocenters. The van der Waals surface area contributed by atoms with E-state index in [2.05, 4.69) is 5.32 Å². The van der Waals surface area contributed by atoms with Gasteiger partial charge < -0.3 is 14.2 Å². The van der Waals surface area contributed by atoms with Gasteiger partial charge in [0.2, 0.25) is 0 Å². The van der Waals surface area contributed by atoms with Gasteiger partial charge in [-0.25, -0.2) is 4.79 Å². The van der Waals surface area contributed by atoms with E-state index >= 15 is 0 Å². The fraction of sp³-hybridized carbons (Fsp3) is 0.500. The minimum Gasteiger partial charge on any atom is -0.495 e. The Balaban J connectivity index is 2.43. The molecule has 0 spiro atoms. The fourth-order valence-corrected chi connectivity index (χ4v) is 2.49. The molecule has 1 aromatic rings. The van der Waals surface area contributed by atoms with Crippen molar-refractivity contribution in [2.75, 3.05) is 19.0 Å². The molecule has 0 atom stereocenters. The second-order valence-corrected chi connectivity index (χ2v) is 5.51. The van der Waals surface area contributed by atoms with E-state index in [-0.39, 0.29) is 5.60 Å². The number of methoxy groups -OCH3 is 1. The lowest BCUT2D eigenvalue weighted by Crippen LogP contribution is -2.25. The molecule has 6 heteroatoms. The standard InChI is InChI=1S/C14H18ClNO4/c1-5-19-13(17)16-9-6-10(18-4)11(15)8-7-14(2,3)20-12(8)9/h6H,5,7H2,1-4H3,(H,16,17). The SMILES string of the molecule is CCOC(=O)Nc1cc(OC)c(Cl)c2c1OC(C)(C)C2. The van der Waals surface area contributed by atoms with Crippen LogP contribution in [0.1, 0.15) is 26.3 Å². The Morgan fingerprint density at radius 1 is 1.55 bits per heavy atom. The van der Waals surface area contributed by atoms with Gasteiger partial charge in [-0.1, -0.05) is 11.6 Å². The van der Waals surface area contributed by atoms with Crippen LogP contribution < -0.4 is 14.8 Å². The number of fused-ring (bicyclic) bond motifs is 1. The summed E-state index contributed by atoms with van der Waals surface area (Å²) in [7, 11) is 1.53. The largest absolute Gasteiger partial charge is 0.495 e. The molecule has 0 radical (unpaired) electrons. The third kappa shape index (κ3) is 2.77. The van der Waals surface area contributed by atoms with Gasteiger partial charge in [-0.3, -0.25) is 5.32 Å². The zero-order valence-electron chi connectivity index (χ0n) is 12.0. The van der Waals surface area contributed by atoms with E-state index in [1.165, 1.54) is 7.11 Å². The van der Waals surface area contributed by atoms with Crippen LogP contribution in [0.3, 0.4) is 0 Å². The van der Waals surface area contributed by atoms with Crippen LogP contribution in [0.5, 0.6) is 11.5 Å². The highest BCUT2D eigenvalue weighted by Crippen LogP contribution is 2.48. The zero-order valence-corrected chi connectivity index (χ0v) is 12.8. The lowest BCUT2D eigenvalue weighted by atomic mass is 10.0. The Morgan fingerprint density at radius 3 is 2.85 bits per heavy atom. The second-order valence-electron chi connectivity index (χ2n) is 5.13. The maximum Gasteiger partial charge on any atom is 0.411 e. The first kappa shape index (κ1) is 14.8. The van der Waals surface area contributed by atoms with Crippen molar-refractivity contribution in [2.24, 2.45) is 0 Å². The van der Waals surface area contributed by atoms with Crippen molar-refractivity contribution >= 4 is 23.4 Å². The molecule has 20 heavy (non-hydrogen) atoms. The smallest absolute Gasteiger partial charge is 0.411 e. The molecular formula is C14H18ClNO4. The number of halogens is 1. The molecule has 0 saturated heterocycles. The van der Waals surface area contributed by atoms with Gasteiger partial charge in [0.05, 0.1) is 24.4 Å². The average Bonchev–Trinajstić information content (AvgIpc) is 2.69. The van der Waals surface area contributed by atoms with Crippen LogP contribution in [0, 0.1) is 0 Å². The fourth-order valence-electron chi connectivity index (χ4n) is 2.20. The van der Waals surface area contributed by atoms with E-state index in [0.717, 1.165) is 5.56 Å². The third-order valence-corrected chi connectivity index (χ3v) is 3.40. The molecular weight excluding hydrogens is 282 g/mol. The minimum atomic E-state index is -0.535. The molecule has 1 aliphatic heterocycles. The number of rotatable bonds is 3. The number of benzene rings is 1. The van der Waals surface area contributed by atoms with Gasteiger partial charge in [-0.05, 0) is 20.8 Å². The van der Waals surface area contributed by atoms with Crippen LogP contribution >= 0.6 is 11.6 Å². The number of anilines is 1. The van der Waals surface area contributed by atoms with E-state index in [1.54, 1.807) is 13.0 Å². The van der Waals surface area contributed by atoms with Crippen molar-refractivity contribution in [1.29, 1.82) is 0 Å². The van der Waals surface area contributed by atoms with Gasteiger partial charge in [0.1, 0.15) is 17.1 Å². The second kappa shape index (κ2) is 5.40. The Bertz CT molecular complexity index is 542. The maximum atomic E-state index is 11.6. The van der Waals surface area contributed by atoms with Crippen molar-refractivity contribution in [2.45, 2.75) is 32.8 Å². The van der Waals surface area contributed by atoms with Gasteiger partial charge in [-0.2, -0.15) is 0 Å². The Kier molecular flexibility index (Phi) is 3.99. The number of carbonyl (C=O) groups is 1.